The third kappa shape index (κ3) is 6.35. The quantitative estimate of drug-likeness (QED) is 0.401. The summed E-state index contributed by atoms with van der Waals surface area (Å²) < 4.78 is 2.17. The van der Waals surface area contributed by atoms with E-state index in [1.165, 1.54) is 22.4 Å². The van der Waals surface area contributed by atoms with Crippen LogP contribution in [0, 0.1) is 0 Å². The molecule has 2 unspecified atom stereocenters. The average Bonchev–Trinajstić information content (AvgIpc) is 3.50. The molecule has 0 amide bonds. The predicted molar refractivity (Wildman–Crippen MR) is 153 cm³/mol. The number of likely N-dealkylation sites (tertiary alicyclic amines) is 1. The number of aromatic nitrogens is 1. The Bertz CT molecular complexity index is 1150. The summed E-state index contributed by atoms with van der Waals surface area (Å²) in [5.41, 5.74) is 6.25. The van der Waals surface area contributed by atoms with Gasteiger partial charge in [0.15, 0.2) is 0 Å². The van der Waals surface area contributed by atoms with Gasteiger partial charge in [-0.1, -0.05) is 19.1 Å². The Hall–Kier alpha value is -2.87. The first-order chi connectivity index (χ1) is 17.8. The molecule has 0 saturated carbocycles. The van der Waals surface area contributed by atoms with Crippen LogP contribution in [-0.4, -0.2) is 69.3 Å². The van der Waals surface area contributed by atoms with E-state index in [1.807, 2.05) is 6.92 Å². The van der Waals surface area contributed by atoms with E-state index in [2.05, 4.69) is 109 Å². The van der Waals surface area contributed by atoms with Crippen molar-refractivity contribution >= 4 is 11.9 Å². The van der Waals surface area contributed by atoms with Gasteiger partial charge in [0.1, 0.15) is 11.7 Å². The Morgan fingerprint density at radius 1 is 1.27 bits per heavy atom. The summed E-state index contributed by atoms with van der Waals surface area (Å²) >= 11 is 0. The number of aliphatic hydroxyl groups excluding tert-OH is 1. The summed E-state index contributed by atoms with van der Waals surface area (Å²) in [6, 6.07) is 2.48. The van der Waals surface area contributed by atoms with Gasteiger partial charge >= 0.3 is 0 Å². The highest BCUT2D eigenvalue weighted by atomic mass is 16.3. The zero-order valence-corrected chi connectivity index (χ0v) is 23.4. The van der Waals surface area contributed by atoms with Crippen LogP contribution in [0.2, 0.25) is 0 Å². The lowest BCUT2D eigenvalue weighted by Crippen LogP contribution is -2.40. The summed E-state index contributed by atoms with van der Waals surface area (Å²) in [4.78, 5) is 7.54. The van der Waals surface area contributed by atoms with E-state index < -0.39 is 0 Å². The lowest BCUT2D eigenvalue weighted by Gasteiger charge is -2.29. The van der Waals surface area contributed by atoms with E-state index in [-0.39, 0.29) is 6.10 Å². The van der Waals surface area contributed by atoms with Crippen LogP contribution in [0.5, 0.6) is 0 Å². The Morgan fingerprint density at radius 2 is 2.08 bits per heavy atom. The molecule has 0 aromatic carbocycles. The number of aliphatic hydroxyl groups is 1. The number of aryl methyl sites for hydroxylation is 1. The van der Waals surface area contributed by atoms with Crippen LogP contribution in [0.4, 0.5) is 0 Å². The van der Waals surface area contributed by atoms with Crippen LogP contribution < -0.4 is 5.32 Å². The van der Waals surface area contributed by atoms with Gasteiger partial charge in [-0.25, -0.2) is 10.0 Å². The molecule has 3 aliphatic rings. The SMILES string of the molecule is C\C=C/C(=N/C(NC1=CCc2ccn(C)c2C=C1)=C(\C)CC)N1C=C(CCN2CCC(O)C2)C(C)N1C. The molecule has 200 valence electrons. The zero-order chi connectivity index (χ0) is 26.5. The van der Waals surface area contributed by atoms with Crippen LogP contribution in [0.25, 0.3) is 6.08 Å². The van der Waals surface area contributed by atoms with Gasteiger partial charge in [0.2, 0.25) is 0 Å². The highest BCUT2D eigenvalue weighted by molar-refractivity contribution is 5.94. The van der Waals surface area contributed by atoms with Crippen LogP contribution in [0.15, 0.2) is 70.4 Å². The standard InChI is InChI=1S/C30H44N6O/c1-7-9-29(36-20-25(23(4)34(36)6)15-18-35-19-16-27(37)21-35)32-30(22(3)8-2)31-26-11-10-24-14-17-33(5)28(24)13-12-26/h7,9,11-14,17,20,23,27,31,37H,8,10,15-16,18-19,21H2,1-6H3/b9-7-,30-22+,32-29-. The number of rotatable bonds is 8. The number of hydrazine groups is 1. The van der Waals surface area contributed by atoms with Gasteiger partial charge in [-0.15, -0.1) is 0 Å². The van der Waals surface area contributed by atoms with E-state index in [1.54, 1.807) is 0 Å². The Balaban J connectivity index is 1.55. The lowest BCUT2D eigenvalue weighted by atomic mass is 10.1. The van der Waals surface area contributed by atoms with Crippen molar-refractivity contribution in [1.29, 1.82) is 0 Å². The van der Waals surface area contributed by atoms with E-state index in [0.29, 0.717) is 6.04 Å². The Kier molecular flexibility index (Phi) is 8.90. The fraction of sp³-hybridized carbons (Fsp3) is 0.500. The minimum atomic E-state index is -0.172. The van der Waals surface area contributed by atoms with Crippen molar-refractivity contribution in [2.24, 2.45) is 12.0 Å². The van der Waals surface area contributed by atoms with Crippen molar-refractivity contribution in [3.63, 3.8) is 0 Å². The molecule has 3 heterocycles. The largest absolute Gasteiger partial charge is 0.392 e. The van der Waals surface area contributed by atoms with Crippen molar-refractivity contribution in [2.45, 2.75) is 65.5 Å². The molecule has 1 aliphatic carbocycles. The molecule has 0 bridgehead atoms. The summed E-state index contributed by atoms with van der Waals surface area (Å²) in [5.74, 6) is 1.78. The van der Waals surface area contributed by atoms with Gasteiger partial charge in [0.05, 0.1) is 6.10 Å². The topological polar surface area (TPSA) is 59.3 Å². The number of nitrogens with one attached hydrogen (secondary N) is 1. The molecule has 1 fully saturated rings. The second kappa shape index (κ2) is 12.1. The predicted octanol–water partition coefficient (Wildman–Crippen LogP) is 4.58. The number of allylic oxidation sites excluding steroid dienone is 4. The number of nitrogens with zero attached hydrogens (tertiary/aromatic N) is 5. The van der Waals surface area contributed by atoms with Gasteiger partial charge in [-0.3, -0.25) is 5.01 Å². The molecule has 0 spiro atoms. The molecular formula is C30H44N6O. The molecule has 7 nitrogen and oxygen atoms in total. The van der Waals surface area contributed by atoms with Crippen molar-refractivity contribution in [1.82, 2.24) is 24.8 Å². The van der Waals surface area contributed by atoms with Crippen molar-refractivity contribution in [2.75, 3.05) is 26.7 Å². The van der Waals surface area contributed by atoms with E-state index in [0.717, 1.165) is 62.7 Å². The number of hydrogen-bond acceptors (Lipinski definition) is 5. The van der Waals surface area contributed by atoms with Gasteiger partial charge in [-0.05, 0) is 87.5 Å². The molecule has 4 rings (SSSR count). The molecule has 1 aromatic heterocycles. The van der Waals surface area contributed by atoms with Gasteiger partial charge in [-0.2, -0.15) is 0 Å². The number of amidine groups is 1. The maximum Gasteiger partial charge on any atom is 0.149 e. The third-order valence-corrected chi connectivity index (χ3v) is 7.83. The molecule has 2 aliphatic heterocycles. The normalized spacial score (nSPS) is 23.9. The minimum absolute atomic E-state index is 0.172. The Morgan fingerprint density at radius 3 is 2.78 bits per heavy atom. The summed E-state index contributed by atoms with van der Waals surface area (Å²) in [6.45, 7) is 11.4. The minimum Gasteiger partial charge on any atom is -0.392 e. The molecule has 0 radical (unpaired) electrons. The first kappa shape index (κ1) is 27.2. The van der Waals surface area contributed by atoms with Gasteiger partial charge < -0.3 is 19.9 Å². The van der Waals surface area contributed by atoms with Crippen molar-refractivity contribution in [3.8, 4) is 0 Å². The van der Waals surface area contributed by atoms with Gasteiger partial charge in [0.25, 0.3) is 0 Å². The maximum atomic E-state index is 9.87. The molecule has 7 heteroatoms. The summed E-state index contributed by atoms with van der Waals surface area (Å²) in [6.07, 6.45) is 18.6. The second-order valence-corrected chi connectivity index (χ2v) is 10.4. The van der Waals surface area contributed by atoms with E-state index >= 15 is 0 Å². The second-order valence-electron chi connectivity index (χ2n) is 10.4. The summed E-state index contributed by atoms with van der Waals surface area (Å²) in [5, 5.41) is 17.9. The third-order valence-electron chi connectivity index (χ3n) is 7.83. The first-order valence-electron chi connectivity index (χ1n) is 13.6. The smallest absolute Gasteiger partial charge is 0.149 e. The summed E-state index contributed by atoms with van der Waals surface area (Å²) in [7, 11) is 4.22. The number of aliphatic imine (C=N–C) groups is 1. The van der Waals surface area contributed by atoms with Crippen LogP contribution >= 0.6 is 0 Å². The lowest BCUT2D eigenvalue weighted by molar-refractivity contribution is 0.124. The van der Waals surface area contributed by atoms with E-state index in [4.69, 9.17) is 4.99 Å². The highest BCUT2D eigenvalue weighted by Gasteiger charge is 2.30. The first-order valence-corrected chi connectivity index (χ1v) is 13.6. The van der Waals surface area contributed by atoms with Crippen LogP contribution in [-0.2, 0) is 13.5 Å². The van der Waals surface area contributed by atoms with Crippen molar-refractivity contribution in [3.05, 3.63) is 76.7 Å². The monoisotopic (exact) mass is 504 g/mol. The molecule has 2 atom stereocenters. The number of β-amino-alcohol motifs (C(OH)–C–C–N with tert-alkyl or cyclic N) is 1. The number of fused-ring (bicyclic) bond motifs is 1. The zero-order valence-electron chi connectivity index (χ0n) is 23.4. The highest BCUT2D eigenvalue weighted by Crippen LogP contribution is 2.26. The number of likely N-dealkylation sites (N-methyl/N-ethyl adjacent to an activating group) is 1. The molecule has 37 heavy (non-hydrogen) atoms. The Labute approximate surface area is 222 Å². The number of hydrogen-bond donors (Lipinski definition) is 2. The maximum absolute atomic E-state index is 9.87. The van der Waals surface area contributed by atoms with E-state index in [9.17, 15) is 5.11 Å². The van der Waals surface area contributed by atoms with Crippen molar-refractivity contribution < 1.29 is 5.11 Å². The van der Waals surface area contributed by atoms with Crippen LogP contribution in [0.1, 0.15) is 58.2 Å². The fourth-order valence-electron chi connectivity index (χ4n) is 5.09. The average molecular weight is 505 g/mol. The molecular weight excluding hydrogens is 460 g/mol. The fourth-order valence-corrected chi connectivity index (χ4v) is 5.09. The van der Waals surface area contributed by atoms with Crippen LogP contribution in [0.3, 0.4) is 0 Å². The molecule has 2 N–H and O–H groups in total. The molecule has 1 saturated heterocycles. The molecule has 1 aromatic rings. The van der Waals surface area contributed by atoms with Gasteiger partial charge in [0, 0.05) is 63.6 Å².